The topological polar surface area (TPSA) is 175 Å². The van der Waals surface area contributed by atoms with E-state index in [1.807, 2.05) is 56.8 Å². The Morgan fingerprint density at radius 2 is 1.07 bits per heavy atom. The van der Waals surface area contributed by atoms with Crippen LogP contribution in [-0.2, 0) is 19.1 Å². The number of hydrogen-bond donors (Lipinski definition) is 4. The number of nitrogens with one attached hydrogen (secondary N) is 4. The first kappa shape index (κ1) is 42.0. The Kier molecular flexibility index (Phi) is 11.7. The summed E-state index contributed by atoms with van der Waals surface area (Å²) in [6.45, 7) is 11.8. The van der Waals surface area contributed by atoms with E-state index in [0.29, 0.717) is 11.8 Å². The molecule has 2 saturated heterocycles. The second-order valence-corrected chi connectivity index (χ2v) is 18.2. The van der Waals surface area contributed by atoms with Crippen LogP contribution in [0.25, 0.3) is 33.6 Å². The molecule has 8 atom stereocenters. The van der Waals surface area contributed by atoms with Gasteiger partial charge in [0.2, 0.25) is 11.8 Å². The summed E-state index contributed by atoms with van der Waals surface area (Å²) >= 11 is 0. The van der Waals surface area contributed by atoms with Crippen molar-refractivity contribution >= 4 is 24.0 Å². The molecule has 61 heavy (non-hydrogen) atoms. The molecule has 4 amide bonds. The predicted molar refractivity (Wildman–Crippen MR) is 231 cm³/mol. The third kappa shape index (κ3) is 7.78. The van der Waals surface area contributed by atoms with E-state index in [2.05, 4.69) is 63.9 Å². The van der Waals surface area contributed by atoms with Crippen LogP contribution in [0.2, 0.25) is 0 Å². The van der Waals surface area contributed by atoms with E-state index < -0.39 is 24.3 Å². The van der Waals surface area contributed by atoms with Crippen LogP contribution in [-0.4, -0.2) is 92.1 Å². The van der Waals surface area contributed by atoms with Gasteiger partial charge in [-0.2, -0.15) is 0 Å². The number of aromatic amines is 2. The zero-order chi connectivity index (χ0) is 43.3. The van der Waals surface area contributed by atoms with Crippen LogP contribution in [0.3, 0.4) is 0 Å². The third-order valence-corrected chi connectivity index (χ3v) is 13.8. The molecule has 2 unspecified atom stereocenters. The smallest absolute Gasteiger partial charge is 0.407 e. The van der Waals surface area contributed by atoms with Crippen LogP contribution in [0.4, 0.5) is 9.59 Å². The van der Waals surface area contributed by atoms with Crippen LogP contribution < -0.4 is 10.6 Å². The highest BCUT2D eigenvalue weighted by molar-refractivity contribution is 5.88. The summed E-state index contributed by atoms with van der Waals surface area (Å²) in [6.07, 6.45) is 9.28. The van der Waals surface area contributed by atoms with Crippen LogP contribution in [0.5, 0.6) is 0 Å². The summed E-state index contributed by atoms with van der Waals surface area (Å²) < 4.78 is 9.65. The fraction of sp³-hybridized carbons (Fsp3) is 0.532. The fourth-order valence-corrected chi connectivity index (χ4v) is 10.6. The number of aromatic nitrogens is 4. The number of imidazole rings is 2. The summed E-state index contributed by atoms with van der Waals surface area (Å²) in [4.78, 5) is 72.7. The van der Waals surface area contributed by atoms with Gasteiger partial charge in [-0.15, -0.1) is 0 Å². The SMILES string of the molecule is COC(=O)N[C@H](C(=O)N1[C@@H](C)CC[C@H]1c1ncc(-c2ccc(-c3ccc(-c4cnc([C@@H]5CC[C@H](C)N5C(=O)[C@@H](NC(=O)OC)C(C)C)[nH]4)c4c3C3CCC4C3)cc2)[nH]1)C(C)C. The number of amides is 4. The van der Waals surface area contributed by atoms with E-state index >= 15 is 0 Å². The van der Waals surface area contributed by atoms with Gasteiger partial charge in [0.15, 0.2) is 0 Å². The Bertz CT molecular complexity index is 2280. The Hall–Kier alpha value is -5.66. The molecule has 324 valence electrons. The summed E-state index contributed by atoms with van der Waals surface area (Å²) in [5.41, 5.74) is 9.30. The lowest BCUT2D eigenvalue weighted by molar-refractivity contribution is -0.138. The number of alkyl carbamates (subject to hydrolysis) is 2. The van der Waals surface area contributed by atoms with Crippen molar-refractivity contribution in [1.29, 1.82) is 0 Å². The monoisotopic (exact) mass is 832 g/mol. The Labute approximate surface area is 358 Å². The summed E-state index contributed by atoms with van der Waals surface area (Å²) in [7, 11) is 2.61. The highest BCUT2D eigenvalue weighted by atomic mass is 16.5. The van der Waals surface area contributed by atoms with Crippen molar-refractivity contribution in [2.45, 2.75) is 135 Å². The molecule has 14 nitrogen and oxygen atoms in total. The van der Waals surface area contributed by atoms with Crippen molar-refractivity contribution < 1.29 is 28.7 Å². The second-order valence-electron chi connectivity index (χ2n) is 18.2. The number of hydrogen-bond acceptors (Lipinski definition) is 8. The third-order valence-electron chi connectivity index (χ3n) is 13.8. The minimum absolute atomic E-state index is 0.00252. The number of H-pyrrole nitrogens is 2. The first-order valence-corrected chi connectivity index (χ1v) is 22.0. The molecule has 8 rings (SSSR count). The summed E-state index contributed by atoms with van der Waals surface area (Å²) in [5.74, 6) is 2.01. The lowest BCUT2D eigenvalue weighted by Crippen LogP contribution is -2.52. The molecule has 2 aliphatic heterocycles. The highest BCUT2D eigenvalue weighted by Crippen LogP contribution is 2.58. The zero-order valence-corrected chi connectivity index (χ0v) is 36.6. The Morgan fingerprint density at radius 3 is 1.56 bits per heavy atom. The van der Waals surface area contributed by atoms with E-state index in [-0.39, 0.29) is 47.8 Å². The minimum atomic E-state index is -0.703. The van der Waals surface area contributed by atoms with Gasteiger partial charge >= 0.3 is 12.2 Å². The van der Waals surface area contributed by atoms with Gasteiger partial charge in [-0.3, -0.25) is 9.59 Å². The van der Waals surface area contributed by atoms with Gasteiger partial charge in [-0.05, 0) is 110 Å². The maximum absolute atomic E-state index is 14.0. The van der Waals surface area contributed by atoms with Crippen LogP contribution >= 0.6 is 0 Å². The molecule has 4 aliphatic rings. The molecule has 4 aromatic rings. The normalized spacial score (nSPS) is 24.0. The number of nitrogens with zero attached hydrogens (tertiary/aromatic N) is 4. The first-order chi connectivity index (χ1) is 29.3. The molecule has 1 saturated carbocycles. The Morgan fingerprint density at radius 1 is 0.623 bits per heavy atom. The molecule has 0 radical (unpaired) electrons. The van der Waals surface area contributed by atoms with E-state index in [1.54, 1.807) is 0 Å². The largest absolute Gasteiger partial charge is 0.453 e. The van der Waals surface area contributed by atoms with Crippen molar-refractivity contribution in [3.8, 4) is 33.6 Å². The van der Waals surface area contributed by atoms with E-state index in [1.165, 1.54) is 49.3 Å². The van der Waals surface area contributed by atoms with Gasteiger partial charge in [0.05, 0.1) is 50.1 Å². The van der Waals surface area contributed by atoms with Crippen molar-refractivity contribution in [3.05, 3.63) is 71.6 Å². The van der Waals surface area contributed by atoms with Crippen molar-refractivity contribution in [2.24, 2.45) is 11.8 Å². The van der Waals surface area contributed by atoms with Gasteiger partial charge < -0.3 is 39.9 Å². The van der Waals surface area contributed by atoms with E-state index in [0.717, 1.165) is 66.3 Å². The number of fused-ring (bicyclic) bond motifs is 5. The number of rotatable bonds is 11. The van der Waals surface area contributed by atoms with Crippen LogP contribution in [0.1, 0.15) is 133 Å². The molecule has 2 aromatic carbocycles. The van der Waals surface area contributed by atoms with Crippen molar-refractivity contribution in [2.75, 3.05) is 14.2 Å². The second kappa shape index (κ2) is 17.0. The molecular formula is C47H60N8O6. The lowest BCUT2D eigenvalue weighted by Gasteiger charge is -2.33. The first-order valence-electron chi connectivity index (χ1n) is 22.0. The number of carbonyl (C=O) groups excluding carboxylic acids is 4. The van der Waals surface area contributed by atoms with Crippen molar-refractivity contribution in [3.63, 3.8) is 0 Å². The fourth-order valence-electron chi connectivity index (χ4n) is 10.6. The predicted octanol–water partition coefficient (Wildman–Crippen LogP) is 8.36. The van der Waals surface area contributed by atoms with Gasteiger partial charge in [0, 0.05) is 17.6 Å². The molecule has 4 heterocycles. The average Bonchev–Trinajstić information content (AvgIpc) is 4.12. The summed E-state index contributed by atoms with van der Waals surface area (Å²) in [5, 5.41) is 5.49. The van der Waals surface area contributed by atoms with Gasteiger partial charge in [-0.25, -0.2) is 19.6 Å². The molecular weight excluding hydrogens is 773 g/mol. The number of carbonyl (C=O) groups is 4. The molecule has 3 fully saturated rings. The molecule has 4 N–H and O–H groups in total. The van der Waals surface area contributed by atoms with Crippen molar-refractivity contribution in [1.82, 2.24) is 40.4 Å². The number of benzene rings is 2. The number of likely N-dealkylation sites (tertiary alicyclic amines) is 2. The van der Waals surface area contributed by atoms with Gasteiger partial charge in [0.1, 0.15) is 23.7 Å². The standard InChI is InChI=1S/C47H60N8O6/c1-24(2)40(52-46(58)60-7)44(56)54-26(5)9-19-36(54)42-48-22-34(50-42)29-13-11-28(12-14-29)32-17-18-33(39-31-16-15-30(21-31)38(32)39)35-23-49-43(51-35)37-20-10-27(6)55(37)45(57)41(25(3)4)53-47(59)61-8/h11-14,17-18,22-27,30-31,36-37,40-41H,9-10,15-16,19-21H2,1-8H3,(H,48,50)(H,49,51)(H,52,58)(H,53,59)/t26-,27-,30?,31?,36-,37-,40-,41-/m0/s1. The quantitative estimate of drug-likeness (QED) is 0.117. The number of ether oxygens (including phenoxy) is 2. The van der Waals surface area contributed by atoms with Gasteiger partial charge in [0.25, 0.3) is 0 Å². The molecule has 2 aliphatic carbocycles. The maximum Gasteiger partial charge on any atom is 0.407 e. The number of methoxy groups -OCH3 is 2. The maximum atomic E-state index is 14.0. The molecule has 14 heteroatoms. The van der Waals surface area contributed by atoms with Crippen LogP contribution in [0, 0.1) is 11.8 Å². The molecule has 0 spiro atoms. The zero-order valence-electron chi connectivity index (χ0n) is 36.6. The van der Waals surface area contributed by atoms with E-state index in [4.69, 9.17) is 19.4 Å². The van der Waals surface area contributed by atoms with E-state index in [9.17, 15) is 19.2 Å². The minimum Gasteiger partial charge on any atom is -0.453 e. The molecule has 2 aromatic heterocycles. The van der Waals surface area contributed by atoms with Crippen LogP contribution in [0.15, 0.2) is 48.8 Å². The lowest BCUT2D eigenvalue weighted by atomic mass is 9.82. The Balaban J connectivity index is 1.03. The highest BCUT2D eigenvalue weighted by Gasteiger charge is 2.44. The summed E-state index contributed by atoms with van der Waals surface area (Å²) in [6, 6.07) is 11.3. The van der Waals surface area contributed by atoms with Gasteiger partial charge in [-0.1, -0.05) is 64.1 Å². The average molecular weight is 833 g/mol. The molecule has 2 bridgehead atoms.